The summed E-state index contributed by atoms with van der Waals surface area (Å²) in [6.07, 6.45) is 4.19. The van der Waals surface area contributed by atoms with Gasteiger partial charge in [-0.2, -0.15) is 0 Å². The molecule has 0 unspecified atom stereocenters. The molecular weight excluding hydrogens is 236 g/mol. The number of hydrogen-bond donors (Lipinski definition) is 0. The Balaban J connectivity index is 2.82. The Bertz CT molecular complexity index is 484. The van der Waals surface area contributed by atoms with E-state index in [0.29, 0.717) is 0 Å². The van der Waals surface area contributed by atoms with Crippen LogP contribution in [0.5, 0.6) is 0 Å². The molecule has 0 aliphatic carbocycles. The van der Waals surface area contributed by atoms with E-state index >= 15 is 0 Å². The lowest BCUT2D eigenvalue weighted by Crippen LogP contribution is -1.79. The predicted molar refractivity (Wildman–Crippen MR) is 66.4 cm³/mol. The van der Waals surface area contributed by atoms with E-state index in [1.165, 1.54) is 16.3 Å². The first-order chi connectivity index (χ1) is 6.83. The number of hydrogen-bond acceptors (Lipinski definition) is 0. The standard InChI is InChI=1S/C13H11Br/c1-2-5-12-11-7-4-3-6-10(11)8-9-13(12)14/h2-9H,1H3. The van der Waals surface area contributed by atoms with Gasteiger partial charge in [0.05, 0.1) is 0 Å². The van der Waals surface area contributed by atoms with Gasteiger partial charge in [-0.3, -0.25) is 0 Å². The summed E-state index contributed by atoms with van der Waals surface area (Å²) in [7, 11) is 0. The quantitative estimate of drug-likeness (QED) is 0.688. The summed E-state index contributed by atoms with van der Waals surface area (Å²) >= 11 is 3.57. The zero-order valence-electron chi connectivity index (χ0n) is 8.00. The summed E-state index contributed by atoms with van der Waals surface area (Å²) in [5, 5.41) is 2.57. The van der Waals surface area contributed by atoms with Crippen LogP contribution in [0.15, 0.2) is 46.9 Å². The van der Waals surface area contributed by atoms with E-state index in [-0.39, 0.29) is 0 Å². The largest absolute Gasteiger partial charge is 0.0870 e. The second-order valence-electron chi connectivity index (χ2n) is 3.18. The van der Waals surface area contributed by atoms with Gasteiger partial charge in [-0.25, -0.2) is 0 Å². The first-order valence-electron chi connectivity index (χ1n) is 4.63. The van der Waals surface area contributed by atoms with Crippen molar-refractivity contribution in [2.75, 3.05) is 0 Å². The number of benzene rings is 2. The molecule has 0 heterocycles. The van der Waals surface area contributed by atoms with Gasteiger partial charge in [0, 0.05) is 4.47 Å². The van der Waals surface area contributed by atoms with E-state index in [0.717, 1.165) is 4.47 Å². The van der Waals surface area contributed by atoms with Gasteiger partial charge < -0.3 is 0 Å². The molecule has 0 radical (unpaired) electrons. The molecule has 0 saturated carbocycles. The molecule has 0 aliphatic heterocycles. The fourth-order valence-corrected chi connectivity index (χ4v) is 2.08. The minimum absolute atomic E-state index is 1.15. The van der Waals surface area contributed by atoms with Crippen LogP contribution < -0.4 is 0 Å². The monoisotopic (exact) mass is 246 g/mol. The molecule has 2 aromatic carbocycles. The summed E-state index contributed by atoms with van der Waals surface area (Å²) in [4.78, 5) is 0. The van der Waals surface area contributed by atoms with E-state index in [4.69, 9.17) is 0 Å². The van der Waals surface area contributed by atoms with Crippen molar-refractivity contribution in [3.63, 3.8) is 0 Å². The second kappa shape index (κ2) is 3.97. The molecule has 2 aromatic rings. The van der Waals surface area contributed by atoms with Gasteiger partial charge in [0.15, 0.2) is 0 Å². The lowest BCUT2D eigenvalue weighted by atomic mass is 10.0. The van der Waals surface area contributed by atoms with Crippen molar-refractivity contribution in [2.24, 2.45) is 0 Å². The van der Waals surface area contributed by atoms with Gasteiger partial charge in [-0.1, -0.05) is 58.4 Å². The molecule has 1 heteroatoms. The molecule has 0 fully saturated rings. The Kier molecular flexibility index (Phi) is 2.69. The fourth-order valence-electron chi connectivity index (χ4n) is 1.61. The molecule has 0 aliphatic rings. The first kappa shape index (κ1) is 9.47. The van der Waals surface area contributed by atoms with E-state index in [9.17, 15) is 0 Å². The van der Waals surface area contributed by atoms with Gasteiger partial charge in [-0.15, -0.1) is 0 Å². The average molecular weight is 247 g/mol. The molecular formula is C13H11Br. The van der Waals surface area contributed by atoms with Crippen molar-refractivity contribution >= 4 is 32.8 Å². The van der Waals surface area contributed by atoms with Crippen molar-refractivity contribution in [1.29, 1.82) is 0 Å². The van der Waals surface area contributed by atoms with Crippen molar-refractivity contribution < 1.29 is 0 Å². The lowest BCUT2D eigenvalue weighted by molar-refractivity contribution is 1.64. The zero-order valence-corrected chi connectivity index (χ0v) is 9.58. The van der Waals surface area contributed by atoms with Gasteiger partial charge in [0.2, 0.25) is 0 Å². The van der Waals surface area contributed by atoms with Crippen LogP contribution in [0.2, 0.25) is 0 Å². The average Bonchev–Trinajstić information content (AvgIpc) is 2.23. The van der Waals surface area contributed by atoms with Crippen LogP contribution >= 0.6 is 15.9 Å². The molecule has 0 N–H and O–H groups in total. The highest BCUT2D eigenvalue weighted by molar-refractivity contribution is 9.10. The molecule has 0 bridgehead atoms. The molecule has 0 spiro atoms. The molecule has 0 aromatic heterocycles. The third-order valence-corrected chi connectivity index (χ3v) is 2.94. The van der Waals surface area contributed by atoms with Crippen molar-refractivity contribution in [3.05, 3.63) is 52.5 Å². The third kappa shape index (κ3) is 1.60. The number of allylic oxidation sites excluding steroid dienone is 1. The molecule has 0 atom stereocenters. The minimum Gasteiger partial charge on any atom is -0.0870 e. The lowest BCUT2D eigenvalue weighted by Gasteiger charge is -2.04. The maximum atomic E-state index is 3.57. The number of rotatable bonds is 1. The smallest absolute Gasteiger partial charge is 0.0254 e. The number of fused-ring (bicyclic) bond motifs is 1. The van der Waals surface area contributed by atoms with Gasteiger partial charge in [-0.05, 0) is 29.3 Å². The molecule has 70 valence electrons. The normalized spacial score (nSPS) is 11.3. The van der Waals surface area contributed by atoms with Crippen molar-refractivity contribution in [1.82, 2.24) is 0 Å². The maximum absolute atomic E-state index is 3.57. The highest BCUT2D eigenvalue weighted by Gasteiger charge is 2.01. The highest BCUT2D eigenvalue weighted by atomic mass is 79.9. The summed E-state index contributed by atoms with van der Waals surface area (Å²) in [5.41, 5.74) is 1.26. The Morgan fingerprint density at radius 3 is 2.64 bits per heavy atom. The SMILES string of the molecule is CC=Cc1c(Br)ccc2ccccc12. The zero-order chi connectivity index (χ0) is 9.97. The Morgan fingerprint density at radius 1 is 1.07 bits per heavy atom. The van der Waals surface area contributed by atoms with E-state index in [1.54, 1.807) is 0 Å². The number of halogens is 1. The van der Waals surface area contributed by atoms with E-state index in [1.807, 2.05) is 6.92 Å². The van der Waals surface area contributed by atoms with Crippen LogP contribution in [-0.4, -0.2) is 0 Å². The van der Waals surface area contributed by atoms with Crippen LogP contribution in [0.25, 0.3) is 16.8 Å². The van der Waals surface area contributed by atoms with Crippen molar-refractivity contribution in [2.45, 2.75) is 6.92 Å². The van der Waals surface area contributed by atoms with Crippen LogP contribution in [0.4, 0.5) is 0 Å². The van der Waals surface area contributed by atoms with Crippen LogP contribution in [0.3, 0.4) is 0 Å². The molecule has 0 amide bonds. The topological polar surface area (TPSA) is 0 Å². The Hall–Kier alpha value is -1.08. The predicted octanol–water partition coefficient (Wildman–Crippen LogP) is 4.64. The summed E-state index contributed by atoms with van der Waals surface area (Å²) in [6.45, 7) is 2.04. The Labute approximate surface area is 92.4 Å². The molecule has 0 saturated heterocycles. The van der Waals surface area contributed by atoms with E-state index in [2.05, 4.69) is 64.5 Å². The van der Waals surface area contributed by atoms with E-state index < -0.39 is 0 Å². The summed E-state index contributed by atoms with van der Waals surface area (Å²) in [6, 6.07) is 12.6. The summed E-state index contributed by atoms with van der Waals surface area (Å²) in [5.74, 6) is 0. The van der Waals surface area contributed by atoms with Crippen molar-refractivity contribution in [3.8, 4) is 0 Å². The van der Waals surface area contributed by atoms with Crippen LogP contribution in [0.1, 0.15) is 12.5 Å². The van der Waals surface area contributed by atoms with Gasteiger partial charge in [0.25, 0.3) is 0 Å². The molecule has 0 nitrogen and oxygen atoms in total. The molecule has 2 rings (SSSR count). The van der Waals surface area contributed by atoms with Crippen LogP contribution in [0, 0.1) is 0 Å². The highest BCUT2D eigenvalue weighted by Crippen LogP contribution is 2.27. The minimum atomic E-state index is 1.15. The van der Waals surface area contributed by atoms with Gasteiger partial charge >= 0.3 is 0 Å². The summed E-state index contributed by atoms with van der Waals surface area (Å²) < 4.78 is 1.15. The third-order valence-electron chi connectivity index (χ3n) is 2.25. The fraction of sp³-hybridized carbons (Fsp3) is 0.0769. The van der Waals surface area contributed by atoms with Gasteiger partial charge in [0.1, 0.15) is 0 Å². The van der Waals surface area contributed by atoms with Crippen LogP contribution in [-0.2, 0) is 0 Å². The second-order valence-corrected chi connectivity index (χ2v) is 4.04. The maximum Gasteiger partial charge on any atom is 0.0254 e. The Morgan fingerprint density at radius 2 is 1.86 bits per heavy atom. The first-order valence-corrected chi connectivity index (χ1v) is 5.42. The molecule has 14 heavy (non-hydrogen) atoms.